The number of furan rings is 2. The number of carboxylic acids is 1. The molecule has 2 unspecified atom stereocenters. The zero-order valence-corrected chi connectivity index (χ0v) is 14.7. The molecule has 1 aliphatic rings. The second kappa shape index (κ2) is 6.78. The quantitative estimate of drug-likeness (QED) is 0.913. The van der Waals surface area contributed by atoms with Crippen LogP contribution in [0.1, 0.15) is 59.0 Å². The smallest absolute Gasteiger partial charge is 0.311 e. The van der Waals surface area contributed by atoms with E-state index in [-0.39, 0.29) is 24.1 Å². The number of carboxylic acid groups (broad SMARTS) is 1. The molecule has 6 heteroatoms. The summed E-state index contributed by atoms with van der Waals surface area (Å²) in [6.07, 6.45) is 2.88. The Morgan fingerprint density at radius 3 is 2.72 bits per heavy atom. The third kappa shape index (κ3) is 3.48. The first kappa shape index (κ1) is 17.3. The van der Waals surface area contributed by atoms with Crippen molar-refractivity contribution in [1.82, 2.24) is 4.90 Å². The maximum Gasteiger partial charge on any atom is 0.311 e. The summed E-state index contributed by atoms with van der Waals surface area (Å²) in [5.41, 5.74) is 1.03. The van der Waals surface area contributed by atoms with Gasteiger partial charge in [0.25, 0.3) is 5.91 Å². The number of hydrogen-bond donors (Lipinski definition) is 1. The molecule has 1 saturated heterocycles. The Labute approximate surface area is 146 Å². The summed E-state index contributed by atoms with van der Waals surface area (Å²) in [5, 5.41) is 9.06. The first-order valence-corrected chi connectivity index (χ1v) is 8.53. The molecule has 1 amide bonds. The van der Waals surface area contributed by atoms with E-state index in [0.717, 1.165) is 24.4 Å². The van der Waals surface area contributed by atoms with Gasteiger partial charge in [0, 0.05) is 12.1 Å². The minimum absolute atomic E-state index is 0.142. The lowest BCUT2D eigenvalue weighted by atomic mass is 9.90. The van der Waals surface area contributed by atoms with Crippen LogP contribution in [0.5, 0.6) is 0 Å². The van der Waals surface area contributed by atoms with Crippen molar-refractivity contribution in [3.05, 3.63) is 46.8 Å². The van der Waals surface area contributed by atoms with Gasteiger partial charge in [0.1, 0.15) is 23.7 Å². The van der Waals surface area contributed by atoms with Crippen LogP contribution in [0.2, 0.25) is 0 Å². The number of rotatable bonds is 4. The van der Waals surface area contributed by atoms with E-state index < -0.39 is 5.97 Å². The SMILES string of the molecule is Cc1ccc(C2CC(C)CCN2C(=O)c2c(C)coc2CC(=O)O)o1. The average Bonchev–Trinajstić information content (AvgIpc) is 3.12. The molecule has 0 bridgehead atoms. The second-order valence-electron chi connectivity index (χ2n) is 6.88. The van der Waals surface area contributed by atoms with E-state index in [1.165, 1.54) is 6.26 Å². The monoisotopic (exact) mass is 345 g/mol. The van der Waals surface area contributed by atoms with E-state index in [1.807, 2.05) is 19.1 Å². The largest absolute Gasteiger partial charge is 0.481 e. The molecule has 0 aliphatic carbocycles. The fraction of sp³-hybridized carbons (Fsp3) is 0.474. The molecule has 1 N–H and O–H groups in total. The van der Waals surface area contributed by atoms with Crippen molar-refractivity contribution in [2.75, 3.05) is 6.54 Å². The van der Waals surface area contributed by atoms with Crippen LogP contribution >= 0.6 is 0 Å². The molecule has 2 atom stereocenters. The van der Waals surface area contributed by atoms with Crippen LogP contribution in [0.3, 0.4) is 0 Å². The number of likely N-dealkylation sites (tertiary alicyclic amines) is 1. The van der Waals surface area contributed by atoms with Crippen molar-refractivity contribution in [1.29, 1.82) is 0 Å². The minimum Gasteiger partial charge on any atom is -0.481 e. The number of aryl methyl sites for hydroxylation is 2. The summed E-state index contributed by atoms with van der Waals surface area (Å²) in [5.74, 6) is 1.08. The Bertz CT molecular complexity index is 788. The molecular formula is C19H23NO5. The van der Waals surface area contributed by atoms with Crippen LogP contribution in [-0.2, 0) is 11.2 Å². The minimum atomic E-state index is -1.02. The highest BCUT2D eigenvalue weighted by Crippen LogP contribution is 2.36. The maximum atomic E-state index is 13.2. The van der Waals surface area contributed by atoms with Gasteiger partial charge < -0.3 is 18.8 Å². The number of hydrogen-bond acceptors (Lipinski definition) is 4. The van der Waals surface area contributed by atoms with Crippen LogP contribution in [0, 0.1) is 19.8 Å². The average molecular weight is 345 g/mol. The Balaban J connectivity index is 1.94. The number of amides is 1. The Kier molecular flexibility index (Phi) is 4.70. The van der Waals surface area contributed by atoms with Gasteiger partial charge in [0.05, 0.1) is 17.9 Å². The van der Waals surface area contributed by atoms with Crippen LogP contribution in [0.15, 0.2) is 27.2 Å². The van der Waals surface area contributed by atoms with Crippen LogP contribution in [0.4, 0.5) is 0 Å². The second-order valence-corrected chi connectivity index (χ2v) is 6.88. The lowest BCUT2D eigenvalue weighted by molar-refractivity contribution is -0.136. The zero-order chi connectivity index (χ0) is 18.1. The van der Waals surface area contributed by atoms with E-state index in [1.54, 1.807) is 11.8 Å². The Hall–Kier alpha value is -2.50. The zero-order valence-electron chi connectivity index (χ0n) is 14.7. The van der Waals surface area contributed by atoms with Gasteiger partial charge in [0.2, 0.25) is 0 Å². The third-order valence-corrected chi connectivity index (χ3v) is 4.79. The van der Waals surface area contributed by atoms with Crippen LogP contribution < -0.4 is 0 Å². The highest BCUT2D eigenvalue weighted by molar-refractivity contribution is 5.97. The molecule has 6 nitrogen and oxygen atoms in total. The molecule has 0 radical (unpaired) electrons. The van der Waals surface area contributed by atoms with Crippen molar-refractivity contribution >= 4 is 11.9 Å². The van der Waals surface area contributed by atoms with Gasteiger partial charge in [0.15, 0.2) is 0 Å². The first-order chi connectivity index (χ1) is 11.9. The molecule has 1 fully saturated rings. The number of carbonyl (C=O) groups excluding carboxylic acids is 1. The highest BCUT2D eigenvalue weighted by Gasteiger charge is 2.35. The molecule has 2 aromatic rings. The predicted molar refractivity (Wildman–Crippen MR) is 90.4 cm³/mol. The molecule has 3 heterocycles. The first-order valence-electron chi connectivity index (χ1n) is 8.53. The lowest BCUT2D eigenvalue weighted by Crippen LogP contribution is -2.41. The normalized spacial score (nSPS) is 20.7. The summed E-state index contributed by atoms with van der Waals surface area (Å²) < 4.78 is 11.1. The summed E-state index contributed by atoms with van der Waals surface area (Å²) in [6.45, 7) is 6.43. The topological polar surface area (TPSA) is 83.9 Å². The van der Waals surface area contributed by atoms with Gasteiger partial charge in [-0.1, -0.05) is 6.92 Å². The van der Waals surface area contributed by atoms with E-state index in [0.29, 0.717) is 23.6 Å². The van der Waals surface area contributed by atoms with Crippen molar-refractivity contribution < 1.29 is 23.5 Å². The lowest BCUT2D eigenvalue weighted by Gasteiger charge is -2.37. The standard InChI is InChI=1S/C19H23NO5/c1-11-6-7-20(14(8-11)15-5-4-13(3)25-15)19(23)18-12(2)10-24-16(18)9-17(21)22/h4-5,10-11,14H,6-9H2,1-3H3,(H,21,22). The Morgan fingerprint density at radius 2 is 2.08 bits per heavy atom. The maximum absolute atomic E-state index is 13.2. The number of nitrogens with zero attached hydrogens (tertiary/aromatic N) is 1. The Morgan fingerprint density at radius 1 is 1.32 bits per heavy atom. The summed E-state index contributed by atoms with van der Waals surface area (Å²) in [7, 11) is 0. The van der Waals surface area contributed by atoms with Crippen molar-refractivity contribution in [2.24, 2.45) is 5.92 Å². The fourth-order valence-corrected chi connectivity index (χ4v) is 3.48. The van der Waals surface area contributed by atoms with E-state index in [4.69, 9.17) is 13.9 Å². The van der Waals surface area contributed by atoms with E-state index in [2.05, 4.69) is 6.92 Å². The molecule has 2 aromatic heterocycles. The number of piperidine rings is 1. The summed E-state index contributed by atoms with van der Waals surface area (Å²) in [4.78, 5) is 26.1. The number of carbonyl (C=O) groups is 2. The molecule has 0 spiro atoms. The van der Waals surface area contributed by atoms with Gasteiger partial charge in [-0.2, -0.15) is 0 Å². The highest BCUT2D eigenvalue weighted by atomic mass is 16.4. The molecule has 1 aliphatic heterocycles. The van der Waals surface area contributed by atoms with Crippen molar-refractivity contribution in [3.8, 4) is 0 Å². The van der Waals surface area contributed by atoms with Gasteiger partial charge >= 0.3 is 5.97 Å². The fourth-order valence-electron chi connectivity index (χ4n) is 3.48. The molecular weight excluding hydrogens is 322 g/mol. The molecule has 25 heavy (non-hydrogen) atoms. The van der Waals surface area contributed by atoms with Gasteiger partial charge in [-0.25, -0.2) is 0 Å². The van der Waals surface area contributed by atoms with Gasteiger partial charge in [-0.05, 0) is 44.7 Å². The molecule has 3 rings (SSSR count). The van der Waals surface area contributed by atoms with Gasteiger partial charge in [-0.3, -0.25) is 9.59 Å². The molecule has 134 valence electrons. The number of aliphatic carboxylic acids is 1. The predicted octanol–water partition coefficient (Wildman–Crippen LogP) is 3.73. The summed E-state index contributed by atoms with van der Waals surface area (Å²) >= 11 is 0. The van der Waals surface area contributed by atoms with Crippen molar-refractivity contribution in [2.45, 2.75) is 46.1 Å². The van der Waals surface area contributed by atoms with E-state index in [9.17, 15) is 9.59 Å². The van der Waals surface area contributed by atoms with Crippen LogP contribution in [0.25, 0.3) is 0 Å². The molecule has 0 aromatic carbocycles. The van der Waals surface area contributed by atoms with Gasteiger partial charge in [-0.15, -0.1) is 0 Å². The molecule has 0 saturated carbocycles. The van der Waals surface area contributed by atoms with Crippen LogP contribution in [-0.4, -0.2) is 28.4 Å². The third-order valence-electron chi connectivity index (χ3n) is 4.79. The van der Waals surface area contributed by atoms with Crippen molar-refractivity contribution in [3.63, 3.8) is 0 Å². The summed E-state index contributed by atoms with van der Waals surface area (Å²) in [6, 6.07) is 3.67. The van der Waals surface area contributed by atoms with E-state index >= 15 is 0 Å².